The number of rotatable bonds is 4. The van der Waals surface area contributed by atoms with Gasteiger partial charge in [-0.15, -0.1) is 0 Å². The molecule has 0 aliphatic carbocycles. The second-order valence-electron chi connectivity index (χ2n) is 3.58. The van der Waals surface area contributed by atoms with Crippen molar-refractivity contribution in [2.45, 2.75) is 6.54 Å². The standard InChI is InChI=1S/C11H10N4O3/c16-11(13-9-4-2-1-3-5-9)7-14-6-10(12-8-14)15(17)18/h1-6,8H,7H2,(H,13,16). The normalized spacial score (nSPS) is 10.0. The summed E-state index contributed by atoms with van der Waals surface area (Å²) in [6.07, 6.45) is 2.47. The molecule has 0 aliphatic rings. The smallest absolute Gasteiger partial charge is 0.358 e. The second-order valence-corrected chi connectivity index (χ2v) is 3.58. The maximum Gasteiger partial charge on any atom is 0.381 e. The van der Waals surface area contributed by atoms with Crippen molar-refractivity contribution < 1.29 is 9.72 Å². The number of amides is 1. The van der Waals surface area contributed by atoms with Gasteiger partial charge in [-0.1, -0.05) is 18.2 Å². The highest BCUT2D eigenvalue weighted by atomic mass is 16.6. The average Bonchev–Trinajstić information content (AvgIpc) is 2.78. The number of imidazole rings is 1. The Morgan fingerprint density at radius 1 is 1.39 bits per heavy atom. The van der Waals surface area contributed by atoms with E-state index >= 15 is 0 Å². The van der Waals surface area contributed by atoms with Gasteiger partial charge in [0.15, 0.2) is 0 Å². The molecule has 0 bridgehead atoms. The van der Waals surface area contributed by atoms with E-state index < -0.39 is 4.92 Å². The molecule has 0 unspecified atom stereocenters. The van der Waals surface area contributed by atoms with Crippen molar-refractivity contribution in [3.63, 3.8) is 0 Å². The van der Waals surface area contributed by atoms with E-state index in [0.717, 1.165) is 0 Å². The molecule has 0 saturated carbocycles. The fourth-order valence-electron chi connectivity index (χ4n) is 1.42. The molecule has 0 spiro atoms. The number of para-hydroxylation sites is 1. The van der Waals surface area contributed by atoms with Crippen LogP contribution in [0.15, 0.2) is 42.9 Å². The van der Waals surface area contributed by atoms with Crippen molar-refractivity contribution in [3.8, 4) is 0 Å². The predicted molar refractivity (Wildman–Crippen MR) is 64.0 cm³/mol. The van der Waals surface area contributed by atoms with Crippen molar-refractivity contribution in [3.05, 3.63) is 53.0 Å². The van der Waals surface area contributed by atoms with Gasteiger partial charge < -0.3 is 20.0 Å². The van der Waals surface area contributed by atoms with E-state index in [9.17, 15) is 14.9 Å². The first kappa shape index (κ1) is 11.8. The van der Waals surface area contributed by atoms with Crippen LogP contribution in [0.5, 0.6) is 0 Å². The number of anilines is 1. The number of aromatic nitrogens is 2. The number of hydrogen-bond acceptors (Lipinski definition) is 4. The summed E-state index contributed by atoms with van der Waals surface area (Å²) in [4.78, 5) is 25.0. The Kier molecular flexibility index (Phi) is 3.33. The van der Waals surface area contributed by atoms with E-state index in [1.54, 1.807) is 24.3 Å². The quantitative estimate of drug-likeness (QED) is 0.652. The molecule has 0 atom stereocenters. The van der Waals surface area contributed by atoms with Gasteiger partial charge in [0.05, 0.1) is 0 Å². The zero-order valence-corrected chi connectivity index (χ0v) is 9.31. The van der Waals surface area contributed by atoms with Gasteiger partial charge in [0.25, 0.3) is 0 Å². The SMILES string of the molecule is O=C(Cn1cnc([N+](=O)[O-])c1)Nc1ccccc1. The lowest BCUT2D eigenvalue weighted by molar-refractivity contribution is -0.389. The zero-order valence-electron chi connectivity index (χ0n) is 9.31. The molecule has 1 amide bonds. The summed E-state index contributed by atoms with van der Waals surface area (Å²) in [7, 11) is 0. The van der Waals surface area contributed by atoms with Crippen molar-refractivity contribution in [1.82, 2.24) is 9.55 Å². The molecule has 1 aromatic carbocycles. The van der Waals surface area contributed by atoms with E-state index in [1.165, 1.54) is 17.1 Å². The van der Waals surface area contributed by atoms with Crippen molar-refractivity contribution in [2.24, 2.45) is 0 Å². The largest absolute Gasteiger partial charge is 0.381 e. The van der Waals surface area contributed by atoms with Gasteiger partial charge >= 0.3 is 5.82 Å². The lowest BCUT2D eigenvalue weighted by Crippen LogP contribution is -2.17. The summed E-state index contributed by atoms with van der Waals surface area (Å²) in [6, 6.07) is 8.97. The monoisotopic (exact) mass is 246 g/mol. The molecule has 0 saturated heterocycles. The molecule has 0 radical (unpaired) electrons. The zero-order chi connectivity index (χ0) is 13.0. The van der Waals surface area contributed by atoms with Gasteiger partial charge in [0.2, 0.25) is 12.2 Å². The van der Waals surface area contributed by atoms with Crippen LogP contribution in [0.25, 0.3) is 0 Å². The predicted octanol–water partition coefficient (Wildman–Crippen LogP) is 1.43. The number of carbonyl (C=O) groups is 1. The molecule has 0 aliphatic heterocycles. The minimum absolute atomic E-state index is 0.0181. The van der Waals surface area contributed by atoms with E-state index in [-0.39, 0.29) is 18.3 Å². The average molecular weight is 246 g/mol. The van der Waals surface area contributed by atoms with Crippen LogP contribution in [0.4, 0.5) is 11.5 Å². The summed E-state index contributed by atoms with van der Waals surface area (Å²) < 4.78 is 1.36. The van der Waals surface area contributed by atoms with Gasteiger partial charge in [-0.3, -0.25) is 4.79 Å². The molecule has 18 heavy (non-hydrogen) atoms. The third-order valence-corrected chi connectivity index (χ3v) is 2.19. The lowest BCUT2D eigenvalue weighted by Gasteiger charge is -2.04. The first-order valence-corrected chi connectivity index (χ1v) is 5.16. The molecule has 1 N–H and O–H groups in total. The number of nitrogens with one attached hydrogen (secondary N) is 1. The number of benzene rings is 1. The van der Waals surface area contributed by atoms with Crippen LogP contribution in [-0.4, -0.2) is 20.4 Å². The van der Waals surface area contributed by atoms with Crippen LogP contribution < -0.4 is 5.32 Å². The number of nitrogens with zero attached hydrogens (tertiary/aromatic N) is 3. The third kappa shape index (κ3) is 2.91. The van der Waals surface area contributed by atoms with Crippen LogP contribution in [0.3, 0.4) is 0 Å². The topological polar surface area (TPSA) is 90.1 Å². The van der Waals surface area contributed by atoms with Crippen LogP contribution in [0.1, 0.15) is 0 Å². The summed E-state index contributed by atoms with van der Waals surface area (Å²) in [5.74, 6) is -0.545. The second kappa shape index (κ2) is 5.09. The Hall–Kier alpha value is -2.70. The molecule has 2 rings (SSSR count). The summed E-state index contributed by atoms with van der Waals surface area (Å²) in [5.41, 5.74) is 0.678. The Morgan fingerprint density at radius 3 is 2.72 bits per heavy atom. The molecule has 1 heterocycles. The number of hydrogen-bond donors (Lipinski definition) is 1. The van der Waals surface area contributed by atoms with Gasteiger partial charge in [0.1, 0.15) is 12.7 Å². The van der Waals surface area contributed by atoms with Crippen LogP contribution >= 0.6 is 0 Å². The summed E-state index contributed by atoms with van der Waals surface area (Å²) in [5, 5.41) is 13.1. The van der Waals surface area contributed by atoms with Gasteiger partial charge in [0, 0.05) is 5.69 Å². The Labute approximate surface area is 102 Å². The highest BCUT2D eigenvalue weighted by Crippen LogP contribution is 2.07. The van der Waals surface area contributed by atoms with E-state index in [2.05, 4.69) is 10.3 Å². The molecular formula is C11H10N4O3. The van der Waals surface area contributed by atoms with Gasteiger partial charge in [-0.25, -0.2) is 0 Å². The minimum atomic E-state index is -0.606. The molecule has 0 fully saturated rings. The molecule has 7 heteroatoms. The first-order valence-electron chi connectivity index (χ1n) is 5.16. The number of nitro groups is 1. The van der Waals surface area contributed by atoms with Crippen molar-refractivity contribution >= 4 is 17.4 Å². The van der Waals surface area contributed by atoms with E-state index in [1.807, 2.05) is 6.07 Å². The van der Waals surface area contributed by atoms with Gasteiger partial charge in [-0.2, -0.15) is 0 Å². The maximum atomic E-state index is 11.6. The Morgan fingerprint density at radius 2 is 2.11 bits per heavy atom. The summed E-state index contributed by atoms with van der Waals surface area (Å²) in [6.45, 7) is -0.0181. The van der Waals surface area contributed by atoms with Crippen molar-refractivity contribution in [2.75, 3.05) is 5.32 Å². The molecule has 92 valence electrons. The Balaban J connectivity index is 1.97. The fourth-order valence-corrected chi connectivity index (χ4v) is 1.42. The van der Waals surface area contributed by atoms with Gasteiger partial charge in [-0.05, 0) is 22.0 Å². The van der Waals surface area contributed by atoms with Crippen molar-refractivity contribution in [1.29, 1.82) is 0 Å². The van der Waals surface area contributed by atoms with Crippen LogP contribution in [-0.2, 0) is 11.3 Å². The first-order chi connectivity index (χ1) is 8.65. The molecule has 2 aromatic rings. The molecular weight excluding hydrogens is 236 g/mol. The molecule has 7 nitrogen and oxygen atoms in total. The van der Waals surface area contributed by atoms with E-state index in [4.69, 9.17) is 0 Å². The lowest BCUT2D eigenvalue weighted by atomic mass is 10.3. The minimum Gasteiger partial charge on any atom is -0.358 e. The highest BCUT2D eigenvalue weighted by Gasteiger charge is 2.11. The maximum absolute atomic E-state index is 11.6. The number of carbonyl (C=O) groups excluding carboxylic acids is 1. The highest BCUT2D eigenvalue weighted by molar-refractivity contribution is 5.90. The fraction of sp³-hybridized carbons (Fsp3) is 0.0909. The van der Waals surface area contributed by atoms with Crippen LogP contribution in [0.2, 0.25) is 0 Å². The molecule has 1 aromatic heterocycles. The van der Waals surface area contributed by atoms with Crippen LogP contribution in [0, 0.1) is 10.1 Å². The summed E-state index contributed by atoms with van der Waals surface area (Å²) >= 11 is 0. The Bertz CT molecular complexity index is 565. The third-order valence-electron chi connectivity index (χ3n) is 2.19. The van der Waals surface area contributed by atoms with E-state index in [0.29, 0.717) is 5.69 Å².